The summed E-state index contributed by atoms with van der Waals surface area (Å²) in [7, 11) is 0. The molecule has 5 nitrogen and oxygen atoms in total. The fraction of sp³-hybridized carbons (Fsp3) is 0.333. The molecule has 1 unspecified atom stereocenters. The quantitative estimate of drug-likeness (QED) is 0.928. The summed E-state index contributed by atoms with van der Waals surface area (Å²) in [6.45, 7) is 3.95. The second-order valence-corrected chi connectivity index (χ2v) is 6.20. The number of aromatic nitrogens is 1. The minimum atomic E-state index is -0.195. The molecule has 2 heterocycles. The standard InChI is InChI=1S/C18H20ClN3O2/c1-13-6-7-14(10-20-13)11-21-18(23)22-8-9-24-17(12-22)15-4-2-3-5-16(15)19/h2-7,10,17H,8-9,11-12H2,1H3,(H,21,23). The second-order valence-electron chi connectivity index (χ2n) is 5.79. The van der Waals surface area contributed by atoms with E-state index in [0.717, 1.165) is 16.8 Å². The van der Waals surface area contributed by atoms with Gasteiger partial charge in [-0.3, -0.25) is 4.98 Å². The molecule has 0 bridgehead atoms. The molecular weight excluding hydrogens is 326 g/mol. The van der Waals surface area contributed by atoms with E-state index >= 15 is 0 Å². The minimum absolute atomic E-state index is 0.101. The summed E-state index contributed by atoms with van der Waals surface area (Å²) in [5.41, 5.74) is 2.85. The Balaban J connectivity index is 1.59. The summed E-state index contributed by atoms with van der Waals surface area (Å²) in [5.74, 6) is 0. The number of morpholine rings is 1. The van der Waals surface area contributed by atoms with Gasteiger partial charge in [0.2, 0.25) is 0 Å². The van der Waals surface area contributed by atoms with Crippen molar-refractivity contribution in [1.29, 1.82) is 0 Å². The van der Waals surface area contributed by atoms with Crippen LogP contribution in [0, 0.1) is 6.92 Å². The van der Waals surface area contributed by atoms with E-state index in [1.807, 2.05) is 43.3 Å². The number of ether oxygens (including phenoxy) is 1. The number of hydrogen-bond donors (Lipinski definition) is 1. The first-order valence-electron chi connectivity index (χ1n) is 7.94. The molecule has 0 radical (unpaired) electrons. The zero-order valence-corrected chi connectivity index (χ0v) is 14.3. The van der Waals surface area contributed by atoms with Crippen molar-refractivity contribution in [2.24, 2.45) is 0 Å². The summed E-state index contributed by atoms with van der Waals surface area (Å²) in [6, 6.07) is 11.4. The highest BCUT2D eigenvalue weighted by atomic mass is 35.5. The monoisotopic (exact) mass is 345 g/mol. The fourth-order valence-corrected chi connectivity index (χ4v) is 2.91. The van der Waals surface area contributed by atoms with Crippen molar-refractivity contribution >= 4 is 17.6 Å². The van der Waals surface area contributed by atoms with Crippen molar-refractivity contribution < 1.29 is 9.53 Å². The van der Waals surface area contributed by atoms with Gasteiger partial charge in [0, 0.05) is 35.6 Å². The summed E-state index contributed by atoms with van der Waals surface area (Å²) in [4.78, 5) is 18.4. The molecule has 0 saturated carbocycles. The summed E-state index contributed by atoms with van der Waals surface area (Å²) in [6.07, 6.45) is 1.58. The molecule has 1 aliphatic heterocycles. The van der Waals surface area contributed by atoms with Gasteiger partial charge in [-0.25, -0.2) is 4.79 Å². The van der Waals surface area contributed by atoms with Gasteiger partial charge >= 0.3 is 6.03 Å². The van der Waals surface area contributed by atoms with Crippen LogP contribution in [-0.2, 0) is 11.3 Å². The highest BCUT2D eigenvalue weighted by Crippen LogP contribution is 2.28. The van der Waals surface area contributed by atoms with E-state index in [9.17, 15) is 4.79 Å². The number of halogens is 1. The Hall–Kier alpha value is -2.11. The molecule has 2 aromatic rings. The largest absolute Gasteiger partial charge is 0.370 e. The zero-order valence-electron chi connectivity index (χ0n) is 13.5. The average molecular weight is 346 g/mol. The van der Waals surface area contributed by atoms with E-state index in [2.05, 4.69) is 10.3 Å². The number of aryl methyl sites for hydroxylation is 1. The van der Waals surface area contributed by atoms with E-state index in [4.69, 9.17) is 16.3 Å². The number of nitrogens with one attached hydrogen (secondary N) is 1. The van der Waals surface area contributed by atoms with Crippen LogP contribution in [0.3, 0.4) is 0 Å². The Bertz CT molecular complexity index is 706. The predicted octanol–water partition coefficient (Wildman–Crippen LogP) is 3.33. The molecule has 1 N–H and O–H groups in total. The van der Waals surface area contributed by atoms with Crippen molar-refractivity contribution in [2.45, 2.75) is 19.6 Å². The van der Waals surface area contributed by atoms with Gasteiger partial charge in [-0.15, -0.1) is 0 Å². The van der Waals surface area contributed by atoms with E-state index in [1.54, 1.807) is 11.1 Å². The number of urea groups is 1. The van der Waals surface area contributed by atoms with Crippen molar-refractivity contribution in [3.05, 3.63) is 64.4 Å². The first kappa shape index (κ1) is 16.7. The van der Waals surface area contributed by atoms with Crippen LogP contribution in [0.25, 0.3) is 0 Å². The number of carbonyl (C=O) groups is 1. The Labute approximate surface area is 146 Å². The van der Waals surface area contributed by atoms with Crippen molar-refractivity contribution in [1.82, 2.24) is 15.2 Å². The van der Waals surface area contributed by atoms with Crippen LogP contribution < -0.4 is 5.32 Å². The molecule has 1 fully saturated rings. The molecule has 6 heteroatoms. The maximum atomic E-state index is 12.4. The summed E-state index contributed by atoms with van der Waals surface area (Å²) < 4.78 is 5.79. The van der Waals surface area contributed by atoms with Gasteiger partial charge in [0.1, 0.15) is 6.10 Å². The minimum Gasteiger partial charge on any atom is -0.370 e. The number of carbonyl (C=O) groups excluding carboxylic acids is 1. The number of benzene rings is 1. The number of hydrogen-bond acceptors (Lipinski definition) is 3. The van der Waals surface area contributed by atoms with Crippen molar-refractivity contribution in [2.75, 3.05) is 19.7 Å². The lowest BCUT2D eigenvalue weighted by Crippen LogP contribution is -2.47. The molecule has 1 aliphatic rings. The van der Waals surface area contributed by atoms with Gasteiger partial charge in [0.05, 0.1) is 13.2 Å². The third kappa shape index (κ3) is 4.04. The molecule has 126 valence electrons. The van der Waals surface area contributed by atoms with Crippen LogP contribution in [0.5, 0.6) is 0 Å². The normalized spacial score (nSPS) is 17.6. The predicted molar refractivity (Wildman–Crippen MR) is 92.9 cm³/mol. The Kier molecular flexibility index (Phi) is 5.33. The molecule has 24 heavy (non-hydrogen) atoms. The lowest BCUT2D eigenvalue weighted by Gasteiger charge is -2.33. The fourth-order valence-electron chi connectivity index (χ4n) is 2.65. The Morgan fingerprint density at radius 2 is 2.21 bits per heavy atom. The Morgan fingerprint density at radius 3 is 2.96 bits per heavy atom. The lowest BCUT2D eigenvalue weighted by molar-refractivity contribution is -0.0154. The third-order valence-electron chi connectivity index (χ3n) is 4.02. The van der Waals surface area contributed by atoms with Gasteiger partial charge in [-0.05, 0) is 24.6 Å². The summed E-state index contributed by atoms with van der Waals surface area (Å²) in [5, 5.41) is 3.60. The van der Waals surface area contributed by atoms with Crippen LogP contribution in [0.1, 0.15) is 22.9 Å². The van der Waals surface area contributed by atoms with Crippen LogP contribution >= 0.6 is 11.6 Å². The number of rotatable bonds is 3. The van der Waals surface area contributed by atoms with Crippen molar-refractivity contribution in [3.8, 4) is 0 Å². The first-order chi connectivity index (χ1) is 11.6. The SMILES string of the molecule is Cc1ccc(CNC(=O)N2CCOC(c3ccccc3Cl)C2)cn1. The van der Waals surface area contributed by atoms with Gasteiger partial charge < -0.3 is 15.0 Å². The molecule has 0 aliphatic carbocycles. The van der Waals surface area contributed by atoms with Crippen molar-refractivity contribution in [3.63, 3.8) is 0 Å². The van der Waals surface area contributed by atoms with Crippen LogP contribution in [0.2, 0.25) is 5.02 Å². The van der Waals surface area contributed by atoms with E-state index in [-0.39, 0.29) is 12.1 Å². The van der Waals surface area contributed by atoms with Gasteiger partial charge in [0.25, 0.3) is 0 Å². The number of pyridine rings is 1. The molecular formula is C18H20ClN3O2. The highest BCUT2D eigenvalue weighted by molar-refractivity contribution is 6.31. The van der Waals surface area contributed by atoms with Crippen LogP contribution in [-0.4, -0.2) is 35.6 Å². The Morgan fingerprint density at radius 1 is 1.38 bits per heavy atom. The molecule has 2 amide bonds. The topological polar surface area (TPSA) is 54.5 Å². The van der Waals surface area contributed by atoms with Crippen LogP contribution in [0.4, 0.5) is 4.79 Å². The molecule has 1 atom stereocenters. The number of amides is 2. The van der Waals surface area contributed by atoms with E-state index in [0.29, 0.717) is 31.3 Å². The van der Waals surface area contributed by atoms with E-state index < -0.39 is 0 Å². The molecule has 1 saturated heterocycles. The number of nitrogens with zero attached hydrogens (tertiary/aromatic N) is 2. The second kappa shape index (κ2) is 7.64. The van der Waals surface area contributed by atoms with E-state index in [1.165, 1.54) is 0 Å². The summed E-state index contributed by atoms with van der Waals surface area (Å²) >= 11 is 6.23. The lowest BCUT2D eigenvalue weighted by atomic mass is 10.1. The maximum Gasteiger partial charge on any atom is 0.317 e. The average Bonchev–Trinajstić information content (AvgIpc) is 2.61. The zero-order chi connectivity index (χ0) is 16.9. The third-order valence-corrected chi connectivity index (χ3v) is 4.37. The maximum absolute atomic E-state index is 12.4. The molecule has 1 aromatic carbocycles. The highest BCUT2D eigenvalue weighted by Gasteiger charge is 2.26. The van der Waals surface area contributed by atoms with Gasteiger partial charge in [-0.1, -0.05) is 35.9 Å². The smallest absolute Gasteiger partial charge is 0.317 e. The molecule has 3 rings (SSSR count). The van der Waals surface area contributed by atoms with Crippen LogP contribution in [0.15, 0.2) is 42.6 Å². The van der Waals surface area contributed by atoms with Gasteiger partial charge in [-0.2, -0.15) is 0 Å². The molecule has 1 aromatic heterocycles. The van der Waals surface area contributed by atoms with Gasteiger partial charge in [0.15, 0.2) is 0 Å². The molecule has 0 spiro atoms. The first-order valence-corrected chi connectivity index (χ1v) is 8.31.